The summed E-state index contributed by atoms with van der Waals surface area (Å²) in [6.45, 7) is 6.37. The smallest absolute Gasteiger partial charge is 0.234 e. The summed E-state index contributed by atoms with van der Waals surface area (Å²) in [5.74, 6) is 0.994. The van der Waals surface area contributed by atoms with Crippen LogP contribution in [0, 0.1) is 6.92 Å². The highest BCUT2D eigenvalue weighted by atomic mass is 35.5. The van der Waals surface area contributed by atoms with E-state index in [1.54, 1.807) is 30.3 Å². The van der Waals surface area contributed by atoms with E-state index in [0.29, 0.717) is 44.0 Å². The fraction of sp³-hybridized carbons (Fsp3) is 0.190. The zero-order chi connectivity index (χ0) is 22.4. The number of aromatic nitrogens is 3. The maximum Gasteiger partial charge on any atom is 0.234 e. The largest absolute Gasteiger partial charge is 0.484 e. The van der Waals surface area contributed by atoms with E-state index in [0.717, 1.165) is 5.56 Å². The number of benzene rings is 2. The zero-order valence-electron chi connectivity index (χ0n) is 16.6. The van der Waals surface area contributed by atoms with Crippen LogP contribution < -0.4 is 10.1 Å². The summed E-state index contributed by atoms with van der Waals surface area (Å²) in [6, 6.07) is 10.6. The van der Waals surface area contributed by atoms with Crippen LogP contribution >= 0.6 is 46.6 Å². The third kappa shape index (κ3) is 6.17. The molecule has 6 nitrogen and oxygen atoms in total. The lowest BCUT2D eigenvalue weighted by Crippen LogP contribution is -2.15. The molecule has 0 atom stereocenters. The highest BCUT2D eigenvalue weighted by Gasteiger charge is 2.16. The van der Waals surface area contributed by atoms with Crippen molar-refractivity contribution >= 4 is 58.2 Å². The number of aryl methyl sites for hydroxylation is 1. The van der Waals surface area contributed by atoms with Gasteiger partial charge in [-0.3, -0.25) is 9.36 Å². The molecule has 31 heavy (non-hydrogen) atoms. The number of thioether (sulfide) groups is 1. The average Bonchev–Trinajstić information content (AvgIpc) is 3.12. The van der Waals surface area contributed by atoms with E-state index in [2.05, 4.69) is 22.1 Å². The van der Waals surface area contributed by atoms with Gasteiger partial charge in [-0.25, -0.2) is 0 Å². The minimum Gasteiger partial charge on any atom is -0.484 e. The van der Waals surface area contributed by atoms with Gasteiger partial charge < -0.3 is 10.1 Å². The van der Waals surface area contributed by atoms with Crippen molar-refractivity contribution in [2.45, 2.75) is 25.2 Å². The number of allylic oxidation sites excluding steroid dienone is 1. The molecule has 10 heteroatoms. The van der Waals surface area contributed by atoms with Gasteiger partial charge in [0.25, 0.3) is 0 Å². The van der Waals surface area contributed by atoms with Crippen LogP contribution in [0.5, 0.6) is 5.75 Å². The summed E-state index contributed by atoms with van der Waals surface area (Å²) in [4.78, 5) is 12.4. The second-order valence-electron chi connectivity index (χ2n) is 6.45. The molecule has 0 unspecified atom stereocenters. The first-order valence-corrected chi connectivity index (χ1v) is 11.3. The van der Waals surface area contributed by atoms with Gasteiger partial charge in [-0.2, -0.15) is 0 Å². The van der Waals surface area contributed by atoms with Gasteiger partial charge in [-0.15, -0.1) is 16.8 Å². The zero-order valence-corrected chi connectivity index (χ0v) is 19.7. The van der Waals surface area contributed by atoms with E-state index >= 15 is 0 Å². The first kappa shape index (κ1) is 23.5. The summed E-state index contributed by atoms with van der Waals surface area (Å²) < 4.78 is 7.66. The molecule has 0 saturated carbocycles. The first-order valence-electron chi connectivity index (χ1n) is 9.17. The van der Waals surface area contributed by atoms with Crippen molar-refractivity contribution in [1.29, 1.82) is 0 Å². The van der Waals surface area contributed by atoms with Crippen LogP contribution in [0.3, 0.4) is 0 Å². The van der Waals surface area contributed by atoms with Crippen molar-refractivity contribution in [2.75, 3.05) is 11.1 Å². The molecule has 2 aromatic carbocycles. The molecule has 0 radical (unpaired) electrons. The van der Waals surface area contributed by atoms with Crippen molar-refractivity contribution in [1.82, 2.24) is 14.8 Å². The number of hydrogen-bond donors (Lipinski definition) is 1. The maximum atomic E-state index is 12.4. The van der Waals surface area contributed by atoms with Gasteiger partial charge in [-0.1, -0.05) is 64.8 Å². The van der Waals surface area contributed by atoms with Gasteiger partial charge in [0.05, 0.1) is 26.5 Å². The molecule has 1 heterocycles. The van der Waals surface area contributed by atoms with Gasteiger partial charge in [0, 0.05) is 6.54 Å². The van der Waals surface area contributed by atoms with Gasteiger partial charge in [0.1, 0.15) is 12.4 Å². The summed E-state index contributed by atoms with van der Waals surface area (Å²) >= 11 is 19.6. The number of hydrogen-bond acceptors (Lipinski definition) is 5. The van der Waals surface area contributed by atoms with E-state index in [-0.39, 0.29) is 18.3 Å². The number of carbonyl (C=O) groups is 1. The lowest BCUT2D eigenvalue weighted by atomic mass is 10.2. The highest BCUT2D eigenvalue weighted by molar-refractivity contribution is 7.99. The predicted octanol–water partition coefficient (Wildman–Crippen LogP) is 6.04. The Kier molecular flexibility index (Phi) is 8.26. The summed E-state index contributed by atoms with van der Waals surface area (Å²) in [6.07, 6.45) is 1.72. The quantitative estimate of drug-likeness (QED) is 0.288. The Balaban J connectivity index is 1.66. The average molecular weight is 498 g/mol. The fourth-order valence-electron chi connectivity index (χ4n) is 2.63. The van der Waals surface area contributed by atoms with Crippen molar-refractivity contribution in [3.8, 4) is 5.75 Å². The normalized spacial score (nSPS) is 10.7. The number of nitrogens with zero attached hydrogens (tertiary/aromatic N) is 3. The Morgan fingerprint density at radius 3 is 2.65 bits per heavy atom. The first-order chi connectivity index (χ1) is 14.9. The second-order valence-corrected chi connectivity index (χ2v) is 8.62. The number of anilines is 1. The summed E-state index contributed by atoms with van der Waals surface area (Å²) in [5.41, 5.74) is 1.42. The van der Waals surface area contributed by atoms with Crippen LogP contribution in [0.1, 0.15) is 11.4 Å². The van der Waals surface area contributed by atoms with Crippen LogP contribution in [0.4, 0.5) is 5.69 Å². The number of nitrogens with one attached hydrogen (secondary N) is 1. The van der Waals surface area contributed by atoms with Gasteiger partial charge in [0.2, 0.25) is 5.91 Å². The van der Waals surface area contributed by atoms with Crippen molar-refractivity contribution in [2.24, 2.45) is 0 Å². The minimum atomic E-state index is -0.266. The van der Waals surface area contributed by atoms with Crippen molar-refractivity contribution < 1.29 is 9.53 Å². The Morgan fingerprint density at radius 1 is 1.19 bits per heavy atom. The molecule has 0 aliphatic heterocycles. The molecule has 162 valence electrons. The Morgan fingerprint density at radius 2 is 1.94 bits per heavy atom. The van der Waals surface area contributed by atoms with Gasteiger partial charge in [0.15, 0.2) is 11.0 Å². The molecule has 0 aliphatic rings. The highest BCUT2D eigenvalue weighted by Crippen LogP contribution is 2.30. The van der Waals surface area contributed by atoms with E-state index in [1.165, 1.54) is 11.8 Å². The Bertz CT molecular complexity index is 1080. The van der Waals surface area contributed by atoms with Crippen LogP contribution in [-0.4, -0.2) is 26.4 Å². The molecule has 0 fully saturated rings. The van der Waals surface area contributed by atoms with Crippen molar-refractivity contribution in [3.05, 3.63) is 75.5 Å². The lowest BCUT2D eigenvalue weighted by molar-refractivity contribution is -0.113. The standard InChI is InChI=1S/C21H19Cl3N4O2S/c1-3-9-28-18(11-30-17-10-13(2)7-8-14(17)22)26-27-21(28)31-12-19(29)25-20-15(23)5-4-6-16(20)24/h3-8,10H,1,9,11-12H2,2H3,(H,25,29). The Labute approximate surface area is 199 Å². The molecular formula is C21H19Cl3N4O2S. The number of ether oxygens (including phenoxy) is 1. The van der Waals surface area contributed by atoms with Crippen LogP contribution in [0.2, 0.25) is 15.1 Å². The number of amides is 1. The molecule has 1 aromatic heterocycles. The second kappa shape index (κ2) is 10.9. The van der Waals surface area contributed by atoms with E-state index < -0.39 is 0 Å². The van der Waals surface area contributed by atoms with Crippen molar-refractivity contribution in [3.63, 3.8) is 0 Å². The molecule has 0 spiro atoms. The number of para-hydroxylation sites is 1. The van der Waals surface area contributed by atoms with Crippen LogP contribution in [0.15, 0.2) is 54.2 Å². The lowest BCUT2D eigenvalue weighted by Gasteiger charge is -2.11. The molecular weight excluding hydrogens is 479 g/mol. The molecule has 0 saturated heterocycles. The number of rotatable bonds is 9. The topological polar surface area (TPSA) is 69.0 Å². The SMILES string of the molecule is C=CCn1c(COc2cc(C)ccc2Cl)nnc1SCC(=O)Nc1c(Cl)cccc1Cl. The minimum absolute atomic E-state index is 0.0986. The van der Waals surface area contributed by atoms with E-state index in [1.807, 2.05) is 23.6 Å². The number of halogens is 3. The number of carbonyl (C=O) groups excluding carboxylic acids is 1. The fourth-order valence-corrected chi connectivity index (χ4v) is 4.06. The van der Waals surface area contributed by atoms with Gasteiger partial charge in [-0.05, 0) is 36.8 Å². The van der Waals surface area contributed by atoms with Crippen LogP contribution in [-0.2, 0) is 17.9 Å². The molecule has 0 aliphatic carbocycles. The van der Waals surface area contributed by atoms with E-state index in [9.17, 15) is 4.79 Å². The third-order valence-corrected chi connectivity index (χ3v) is 6.02. The monoisotopic (exact) mass is 496 g/mol. The molecule has 3 rings (SSSR count). The summed E-state index contributed by atoms with van der Waals surface area (Å²) in [5, 5.41) is 12.9. The molecule has 1 N–H and O–H groups in total. The Hall–Kier alpha value is -2.19. The third-order valence-electron chi connectivity index (χ3n) is 4.11. The molecule has 0 bridgehead atoms. The van der Waals surface area contributed by atoms with Gasteiger partial charge >= 0.3 is 0 Å². The van der Waals surface area contributed by atoms with Crippen LogP contribution in [0.25, 0.3) is 0 Å². The summed E-state index contributed by atoms with van der Waals surface area (Å²) in [7, 11) is 0. The molecule has 1 amide bonds. The maximum absolute atomic E-state index is 12.4. The predicted molar refractivity (Wildman–Crippen MR) is 127 cm³/mol. The molecule has 3 aromatic rings. The van der Waals surface area contributed by atoms with E-state index in [4.69, 9.17) is 39.5 Å².